The summed E-state index contributed by atoms with van der Waals surface area (Å²) in [6.07, 6.45) is 3.43. The lowest BCUT2D eigenvalue weighted by Crippen LogP contribution is -2.12. The van der Waals surface area contributed by atoms with Gasteiger partial charge in [0.15, 0.2) is 17.3 Å². The Morgan fingerprint density at radius 3 is 2.62 bits per heavy atom. The smallest absolute Gasteiger partial charge is 0.255 e. The molecule has 2 heterocycles. The number of ether oxygens (including phenoxy) is 2. The zero-order chi connectivity index (χ0) is 22.3. The first-order valence-corrected chi connectivity index (χ1v) is 10.1. The highest BCUT2D eigenvalue weighted by Gasteiger charge is 2.13. The normalized spacial score (nSPS) is 10.6. The van der Waals surface area contributed by atoms with E-state index in [-0.39, 0.29) is 5.91 Å². The summed E-state index contributed by atoms with van der Waals surface area (Å²) in [6, 6.07) is 16.2. The van der Waals surface area contributed by atoms with Crippen LogP contribution in [0.3, 0.4) is 0 Å². The van der Waals surface area contributed by atoms with Crippen molar-refractivity contribution in [2.24, 2.45) is 7.05 Å². The van der Waals surface area contributed by atoms with Crippen LogP contribution >= 0.6 is 0 Å². The molecule has 9 nitrogen and oxygen atoms in total. The van der Waals surface area contributed by atoms with Gasteiger partial charge in [0.2, 0.25) is 0 Å². The van der Waals surface area contributed by atoms with Gasteiger partial charge >= 0.3 is 0 Å². The van der Waals surface area contributed by atoms with E-state index in [1.165, 1.54) is 0 Å². The number of tetrazole rings is 1. The molecule has 1 amide bonds. The quantitative estimate of drug-likeness (QED) is 0.456. The van der Waals surface area contributed by atoms with E-state index >= 15 is 0 Å². The number of hydrogen-bond acceptors (Lipinski definition) is 7. The highest BCUT2D eigenvalue weighted by atomic mass is 16.5. The number of aryl methyl sites for hydroxylation is 1. The Balaban J connectivity index is 1.50. The number of carbonyl (C=O) groups excluding carboxylic acids is 1. The third-order valence-electron chi connectivity index (χ3n) is 4.65. The van der Waals surface area contributed by atoms with Gasteiger partial charge in [0.1, 0.15) is 6.61 Å². The highest BCUT2D eigenvalue weighted by molar-refractivity contribution is 6.04. The van der Waals surface area contributed by atoms with Crippen molar-refractivity contribution in [2.45, 2.75) is 13.5 Å². The van der Waals surface area contributed by atoms with Crippen molar-refractivity contribution in [3.63, 3.8) is 0 Å². The number of nitrogens with one attached hydrogen (secondary N) is 1. The Bertz CT molecular complexity index is 1210. The van der Waals surface area contributed by atoms with E-state index < -0.39 is 0 Å². The number of nitrogens with zero attached hydrogens (tertiary/aromatic N) is 5. The number of benzene rings is 2. The lowest BCUT2D eigenvalue weighted by Gasteiger charge is -2.14. The van der Waals surface area contributed by atoms with Crippen LogP contribution in [0.1, 0.15) is 22.8 Å². The van der Waals surface area contributed by atoms with Crippen LogP contribution in [0.15, 0.2) is 67.0 Å². The van der Waals surface area contributed by atoms with Gasteiger partial charge in [-0.15, -0.1) is 5.10 Å². The van der Waals surface area contributed by atoms with Crippen molar-refractivity contribution in [2.75, 3.05) is 11.9 Å². The van der Waals surface area contributed by atoms with Crippen molar-refractivity contribution < 1.29 is 14.3 Å². The van der Waals surface area contributed by atoms with Gasteiger partial charge in [-0.3, -0.25) is 9.78 Å². The first kappa shape index (κ1) is 21.0. The molecule has 2 aromatic carbocycles. The molecule has 0 atom stereocenters. The Kier molecular flexibility index (Phi) is 6.35. The molecule has 4 aromatic rings. The minimum atomic E-state index is -0.264. The third-order valence-corrected chi connectivity index (χ3v) is 4.65. The van der Waals surface area contributed by atoms with Crippen molar-refractivity contribution in [3.05, 3.63) is 78.1 Å². The molecule has 0 spiro atoms. The number of pyridine rings is 1. The van der Waals surface area contributed by atoms with Gasteiger partial charge < -0.3 is 14.8 Å². The number of amides is 1. The van der Waals surface area contributed by atoms with E-state index in [0.29, 0.717) is 41.8 Å². The summed E-state index contributed by atoms with van der Waals surface area (Å²) in [5.74, 6) is 1.42. The van der Waals surface area contributed by atoms with Crippen LogP contribution in [-0.4, -0.2) is 37.7 Å². The van der Waals surface area contributed by atoms with E-state index in [9.17, 15) is 4.79 Å². The summed E-state index contributed by atoms with van der Waals surface area (Å²) in [5.41, 5.74) is 2.87. The maximum absolute atomic E-state index is 12.9. The van der Waals surface area contributed by atoms with Crippen LogP contribution in [0.4, 0.5) is 5.69 Å². The molecule has 0 aliphatic rings. The van der Waals surface area contributed by atoms with Crippen LogP contribution in [0, 0.1) is 0 Å². The molecule has 1 N–H and O–H groups in total. The van der Waals surface area contributed by atoms with E-state index in [2.05, 4.69) is 25.8 Å². The molecule has 0 bridgehead atoms. The average Bonchev–Trinajstić information content (AvgIpc) is 3.25. The fourth-order valence-corrected chi connectivity index (χ4v) is 3.09. The molecule has 0 aliphatic carbocycles. The van der Waals surface area contributed by atoms with Crippen molar-refractivity contribution >= 4 is 11.6 Å². The minimum absolute atomic E-state index is 0.264. The second-order valence-electron chi connectivity index (χ2n) is 6.90. The molecule has 0 saturated carbocycles. The summed E-state index contributed by atoms with van der Waals surface area (Å²) < 4.78 is 13.2. The molecular weight excluding hydrogens is 408 g/mol. The summed E-state index contributed by atoms with van der Waals surface area (Å²) in [4.78, 5) is 16.9. The summed E-state index contributed by atoms with van der Waals surface area (Å²) >= 11 is 0. The first-order valence-electron chi connectivity index (χ1n) is 10.1. The maximum Gasteiger partial charge on any atom is 0.255 e. The second kappa shape index (κ2) is 9.69. The predicted molar refractivity (Wildman–Crippen MR) is 118 cm³/mol. The van der Waals surface area contributed by atoms with Gasteiger partial charge in [0, 0.05) is 36.3 Å². The van der Waals surface area contributed by atoms with Crippen molar-refractivity contribution in [3.8, 4) is 22.9 Å². The topological polar surface area (TPSA) is 104 Å². The van der Waals surface area contributed by atoms with Gasteiger partial charge in [0.25, 0.3) is 5.91 Å². The van der Waals surface area contributed by atoms with Crippen LogP contribution in [0.5, 0.6) is 11.5 Å². The molecule has 0 fully saturated rings. The number of carbonyl (C=O) groups is 1. The Morgan fingerprint density at radius 2 is 1.88 bits per heavy atom. The second-order valence-corrected chi connectivity index (χ2v) is 6.90. The Hall–Kier alpha value is -4.27. The predicted octanol–water partition coefficient (Wildman–Crippen LogP) is 3.50. The molecule has 9 heteroatoms. The molecule has 0 unspecified atom stereocenters. The summed E-state index contributed by atoms with van der Waals surface area (Å²) in [6.45, 7) is 2.70. The van der Waals surface area contributed by atoms with Crippen LogP contribution in [0.25, 0.3) is 11.4 Å². The number of rotatable bonds is 8. The molecular formula is C23H22N6O3. The Labute approximate surface area is 185 Å². The number of aromatic nitrogens is 5. The molecule has 0 saturated heterocycles. The zero-order valence-corrected chi connectivity index (χ0v) is 17.7. The van der Waals surface area contributed by atoms with Crippen molar-refractivity contribution in [1.29, 1.82) is 0 Å². The van der Waals surface area contributed by atoms with Gasteiger partial charge in [-0.1, -0.05) is 12.1 Å². The van der Waals surface area contributed by atoms with E-state index in [0.717, 1.165) is 11.1 Å². The molecule has 4 rings (SSSR count). The molecule has 0 radical (unpaired) electrons. The van der Waals surface area contributed by atoms with Crippen LogP contribution in [-0.2, 0) is 13.7 Å². The van der Waals surface area contributed by atoms with Gasteiger partial charge in [0.05, 0.1) is 6.61 Å². The fourth-order valence-electron chi connectivity index (χ4n) is 3.09. The fraction of sp³-hybridized carbons (Fsp3) is 0.174. The monoisotopic (exact) mass is 430 g/mol. The van der Waals surface area contributed by atoms with E-state index in [4.69, 9.17) is 9.47 Å². The average molecular weight is 430 g/mol. The zero-order valence-electron chi connectivity index (χ0n) is 17.7. The standard InChI is InChI=1S/C23H22N6O3/c1-3-31-21-14-18(7-8-20(21)32-15-16-9-11-24-12-10-16)23(30)25-19-6-4-5-17(13-19)22-26-27-28-29(22)2/h4-14H,3,15H2,1-2H3,(H,25,30). The summed E-state index contributed by atoms with van der Waals surface area (Å²) in [7, 11) is 1.76. The number of anilines is 1. The third kappa shape index (κ3) is 4.89. The van der Waals surface area contributed by atoms with Crippen LogP contribution in [0.2, 0.25) is 0 Å². The molecule has 32 heavy (non-hydrogen) atoms. The molecule has 2 aromatic heterocycles. The van der Waals surface area contributed by atoms with Gasteiger partial charge in [-0.25, -0.2) is 4.68 Å². The van der Waals surface area contributed by atoms with Gasteiger partial charge in [-0.05, 0) is 65.4 Å². The largest absolute Gasteiger partial charge is 0.490 e. The Morgan fingerprint density at radius 1 is 1.03 bits per heavy atom. The minimum Gasteiger partial charge on any atom is -0.490 e. The van der Waals surface area contributed by atoms with Crippen LogP contribution < -0.4 is 14.8 Å². The molecule has 162 valence electrons. The van der Waals surface area contributed by atoms with E-state index in [1.54, 1.807) is 48.4 Å². The lowest BCUT2D eigenvalue weighted by atomic mass is 10.1. The highest BCUT2D eigenvalue weighted by Crippen LogP contribution is 2.30. The maximum atomic E-state index is 12.9. The number of hydrogen-bond donors (Lipinski definition) is 1. The molecule has 0 aliphatic heterocycles. The summed E-state index contributed by atoms with van der Waals surface area (Å²) in [5, 5.41) is 14.4. The van der Waals surface area contributed by atoms with E-state index in [1.807, 2.05) is 37.3 Å². The van der Waals surface area contributed by atoms with Crippen molar-refractivity contribution in [1.82, 2.24) is 25.2 Å². The lowest BCUT2D eigenvalue weighted by molar-refractivity contribution is 0.102. The SMILES string of the molecule is CCOc1cc(C(=O)Nc2cccc(-c3nnnn3C)c2)ccc1OCc1ccncc1. The van der Waals surface area contributed by atoms with Gasteiger partial charge in [-0.2, -0.15) is 0 Å². The first-order chi connectivity index (χ1) is 15.6.